The zero-order valence-corrected chi connectivity index (χ0v) is 17.1. The Hall–Kier alpha value is -2.06. The van der Waals surface area contributed by atoms with E-state index in [0.717, 1.165) is 16.9 Å². The number of nitrogens with one attached hydrogen (secondary N) is 2. The van der Waals surface area contributed by atoms with Gasteiger partial charge in [0.05, 0.1) is 0 Å². The predicted octanol–water partition coefficient (Wildman–Crippen LogP) is 2.66. The molecule has 0 aromatic heterocycles. The number of anilines is 1. The van der Waals surface area contributed by atoms with E-state index in [-0.39, 0.29) is 5.56 Å². The Kier molecular flexibility index (Phi) is 7.05. The van der Waals surface area contributed by atoms with Crippen LogP contribution in [0.3, 0.4) is 0 Å². The van der Waals surface area contributed by atoms with E-state index in [0.29, 0.717) is 12.1 Å². The van der Waals surface area contributed by atoms with Crippen molar-refractivity contribution in [1.82, 2.24) is 4.13 Å². The maximum atomic E-state index is 13.9. The molecular weight excluding hydrogens is 535 g/mol. The van der Waals surface area contributed by atoms with Crippen LogP contribution in [-0.4, -0.2) is 47.2 Å². The molecular formula is C12H9F9N2O6S3. The minimum absolute atomic E-state index is 0.264. The van der Waals surface area contributed by atoms with Gasteiger partial charge in [-0.15, -0.1) is 0 Å². The van der Waals surface area contributed by atoms with Gasteiger partial charge >= 0.3 is 42.0 Å². The van der Waals surface area contributed by atoms with E-state index < -0.39 is 61.8 Å². The SMILES string of the molecule is C=Cc1ccc(NS(=O)(=O)C(F)(F)C(F)(F)C(F)(F)S(=O)(=O)NS(=O)(=O)C(F)(F)F)cc1. The summed E-state index contributed by atoms with van der Waals surface area (Å²) < 4.78 is 186. The second-order valence-electron chi connectivity index (χ2n) is 5.58. The van der Waals surface area contributed by atoms with E-state index in [1.54, 1.807) is 0 Å². The molecule has 1 aromatic carbocycles. The molecule has 0 saturated carbocycles. The molecule has 0 aliphatic rings. The fourth-order valence-electron chi connectivity index (χ4n) is 1.66. The molecule has 1 rings (SSSR count). The average Bonchev–Trinajstić information content (AvgIpc) is 2.59. The van der Waals surface area contributed by atoms with Gasteiger partial charge in [-0.05, 0) is 17.7 Å². The standard InChI is InChI=1S/C12H9F9N2O6S3/c1-2-7-3-5-8(6-4-7)22-30(24,25)10(15,16)9(13,14)11(17,18)31(26,27)23-32(28,29)12(19,20)21/h2-6,22-23H,1H2. The molecule has 0 atom stereocenters. The second kappa shape index (κ2) is 8.06. The molecule has 20 heteroatoms. The molecule has 0 aliphatic carbocycles. The summed E-state index contributed by atoms with van der Waals surface area (Å²) in [5.74, 6) is -7.49. The Morgan fingerprint density at radius 3 is 1.47 bits per heavy atom. The zero-order valence-electron chi connectivity index (χ0n) is 14.7. The Balaban J connectivity index is 3.46. The molecule has 0 fully saturated rings. The van der Waals surface area contributed by atoms with Gasteiger partial charge < -0.3 is 0 Å². The lowest BCUT2D eigenvalue weighted by molar-refractivity contribution is -0.243. The number of hydrogen-bond acceptors (Lipinski definition) is 6. The monoisotopic (exact) mass is 544 g/mol. The van der Waals surface area contributed by atoms with Crippen LogP contribution in [0.2, 0.25) is 0 Å². The van der Waals surface area contributed by atoms with E-state index >= 15 is 0 Å². The van der Waals surface area contributed by atoms with Gasteiger partial charge in [0.25, 0.3) is 10.0 Å². The number of alkyl halides is 9. The van der Waals surface area contributed by atoms with Crippen molar-refractivity contribution in [3.8, 4) is 0 Å². The minimum Gasteiger partial charge on any atom is -0.278 e. The highest BCUT2D eigenvalue weighted by Gasteiger charge is 2.82. The van der Waals surface area contributed by atoms with E-state index in [2.05, 4.69) is 6.58 Å². The van der Waals surface area contributed by atoms with Crippen LogP contribution in [0.15, 0.2) is 30.8 Å². The number of benzene rings is 1. The summed E-state index contributed by atoms with van der Waals surface area (Å²) >= 11 is 0. The van der Waals surface area contributed by atoms with Crippen molar-refractivity contribution in [3.63, 3.8) is 0 Å². The number of halogens is 9. The van der Waals surface area contributed by atoms with E-state index in [9.17, 15) is 64.8 Å². The Labute approximate surface area is 174 Å². The summed E-state index contributed by atoms with van der Waals surface area (Å²) in [6, 6.07) is 3.39. The molecule has 0 unspecified atom stereocenters. The fraction of sp³-hybridized carbons (Fsp3) is 0.333. The highest BCUT2D eigenvalue weighted by atomic mass is 32.3. The summed E-state index contributed by atoms with van der Waals surface area (Å²) in [6.07, 6.45) is 1.18. The van der Waals surface area contributed by atoms with Crippen LogP contribution in [0.25, 0.3) is 6.08 Å². The van der Waals surface area contributed by atoms with E-state index in [4.69, 9.17) is 0 Å². The van der Waals surface area contributed by atoms with Crippen LogP contribution in [0.1, 0.15) is 5.56 Å². The lowest BCUT2D eigenvalue weighted by Gasteiger charge is -2.31. The number of sulfonamides is 3. The smallest absolute Gasteiger partial charge is 0.278 e. The molecule has 0 aliphatic heterocycles. The summed E-state index contributed by atoms with van der Waals surface area (Å²) in [7, 11) is -22.0. The van der Waals surface area contributed by atoms with Gasteiger partial charge in [-0.2, -0.15) is 47.9 Å². The van der Waals surface area contributed by atoms with Crippen LogP contribution in [0, 0.1) is 0 Å². The van der Waals surface area contributed by atoms with Crippen molar-refractivity contribution in [1.29, 1.82) is 0 Å². The largest absolute Gasteiger partial charge is 0.512 e. The third-order valence-electron chi connectivity index (χ3n) is 3.33. The zero-order chi connectivity index (χ0) is 25.6. The molecule has 32 heavy (non-hydrogen) atoms. The Morgan fingerprint density at radius 1 is 0.688 bits per heavy atom. The molecule has 1 aromatic rings. The van der Waals surface area contributed by atoms with Gasteiger partial charge in [0.1, 0.15) is 0 Å². The number of rotatable bonds is 9. The van der Waals surface area contributed by atoms with Crippen LogP contribution < -0.4 is 8.85 Å². The van der Waals surface area contributed by atoms with Gasteiger partial charge in [-0.1, -0.05) is 28.9 Å². The first kappa shape index (κ1) is 28.0. The van der Waals surface area contributed by atoms with Crippen LogP contribution in [0.4, 0.5) is 45.2 Å². The van der Waals surface area contributed by atoms with Crippen molar-refractivity contribution in [2.24, 2.45) is 0 Å². The average molecular weight is 544 g/mol. The maximum Gasteiger partial charge on any atom is 0.512 e. The van der Waals surface area contributed by atoms with Crippen molar-refractivity contribution in [3.05, 3.63) is 36.4 Å². The minimum atomic E-state index is -7.81. The molecule has 2 N–H and O–H groups in total. The first-order chi connectivity index (χ1) is 14.0. The fourth-order valence-corrected chi connectivity index (χ4v) is 5.18. The topological polar surface area (TPSA) is 126 Å². The van der Waals surface area contributed by atoms with Gasteiger partial charge in [0, 0.05) is 5.69 Å². The number of hydrogen-bond donors (Lipinski definition) is 2. The quantitative estimate of drug-likeness (QED) is 0.461. The maximum absolute atomic E-state index is 13.9. The van der Waals surface area contributed by atoms with Crippen molar-refractivity contribution >= 4 is 41.8 Å². The van der Waals surface area contributed by atoms with Crippen molar-refractivity contribution in [2.45, 2.75) is 21.9 Å². The summed E-state index contributed by atoms with van der Waals surface area (Å²) in [4.78, 5) is 0. The van der Waals surface area contributed by atoms with Crippen molar-refractivity contribution < 1.29 is 64.8 Å². The van der Waals surface area contributed by atoms with Crippen LogP contribution in [0.5, 0.6) is 0 Å². The molecule has 0 amide bonds. The normalized spacial score (nSPS) is 14.8. The Morgan fingerprint density at radius 2 is 1.09 bits per heavy atom. The first-order valence-corrected chi connectivity index (χ1v) is 11.6. The van der Waals surface area contributed by atoms with E-state index in [1.807, 2.05) is 0 Å². The van der Waals surface area contributed by atoms with Crippen LogP contribution in [-0.2, 0) is 30.1 Å². The summed E-state index contributed by atoms with van der Waals surface area (Å²) in [5.41, 5.74) is -7.27. The molecule has 0 spiro atoms. The highest BCUT2D eigenvalue weighted by Crippen LogP contribution is 2.51. The molecule has 184 valence electrons. The van der Waals surface area contributed by atoms with Crippen molar-refractivity contribution in [2.75, 3.05) is 4.72 Å². The molecule has 0 bridgehead atoms. The summed E-state index contributed by atoms with van der Waals surface area (Å²) in [5, 5.41) is -14.4. The lowest BCUT2D eigenvalue weighted by Crippen LogP contribution is -2.64. The van der Waals surface area contributed by atoms with Gasteiger partial charge in [0.15, 0.2) is 0 Å². The molecule has 0 saturated heterocycles. The molecule has 8 nitrogen and oxygen atoms in total. The van der Waals surface area contributed by atoms with Crippen LogP contribution >= 0.6 is 0 Å². The molecule has 0 heterocycles. The van der Waals surface area contributed by atoms with Gasteiger partial charge in [0.2, 0.25) is 0 Å². The van der Waals surface area contributed by atoms with E-state index in [1.165, 1.54) is 6.08 Å². The third-order valence-corrected chi connectivity index (χ3v) is 8.06. The summed E-state index contributed by atoms with van der Waals surface area (Å²) in [6.45, 7) is 3.28. The van der Waals surface area contributed by atoms with Gasteiger partial charge in [-0.3, -0.25) is 4.72 Å². The molecule has 0 radical (unpaired) electrons. The highest BCUT2D eigenvalue weighted by molar-refractivity contribution is 8.05. The first-order valence-electron chi connectivity index (χ1n) is 7.19. The predicted molar refractivity (Wildman–Crippen MR) is 90.9 cm³/mol. The third kappa shape index (κ3) is 4.66. The lowest BCUT2D eigenvalue weighted by atomic mass is 10.2. The van der Waals surface area contributed by atoms with Gasteiger partial charge in [-0.25, -0.2) is 16.8 Å². The second-order valence-corrected chi connectivity index (χ2v) is 11.0. The Bertz CT molecular complexity index is 1190.